The SMILES string of the molecule is C=C1C(=O)O[C@H]2CC(=C)[C@H](O)CC/C(C)=C/[C@H](O)[C@H]12. The van der Waals surface area contributed by atoms with Gasteiger partial charge in [0.15, 0.2) is 0 Å². The van der Waals surface area contributed by atoms with Crippen molar-refractivity contribution in [1.29, 1.82) is 0 Å². The second-order valence-electron chi connectivity index (χ2n) is 5.42. The molecule has 2 rings (SSSR count). The van der Waals surface area contributed by atoms with Gasteiger partial charge in [0.2, 0.25) is 0 Å². The van der Waals surface area contributed by atoms with Crippen LogP contribution in [0.25, 0.3) is 0 Å². The fraction of sp³-hybridized carbons (Fsp3) is 0.533. The van der Waals surface area contributed by atoms with Crippen LogP contribution in [-0.2, 0) is 9.53 Å². The van der Waals surface area contributed by atoms with Gasteiger partial charge in [-0.15, -0.1) is 0 Å². The summed E-state index contributed by atoms with van der Waals surface area (Å²) in [6.45, 7) is 9.47. The fourth-order valence-corrected chi connectivity index (χ4v) is 2.68. The van der Waals surface area contributed by atoms with Crippen molar-refractivity contribution in [3.63, 3.8) is 0 Å². The number of rotatable bonds is 0. The summed E-state index contributed by atoms with van der Waals surface area (Å²) in [6.07, 6.45) is 1.47. The highest BCUT2D eigenvalue weighted by Gasteiger charge is 2.42. The van der Waals surface area contributed by atoms with Crippen LogP contribution in [0.15, 0.2) is 36.0 Å². The van der Waals surface area contributed by atoms with Crippen molar-refractivity contribution in [2.24, 2.45) is 5.92 Å². The molecule has 0 saturated carbocycles. The number of ether oxygens (including phenoxy) is 1. The van der Waals surface area contributed by atoms with Gasteiger partial charge in [-0.05, 0) is 25.3 Å². The lowest BCUT2D eigenvalue weighted by Gasteiger charge is -2.25. The van der Waals surface area contributed by atoms with E-state index in [0.717, 1.165) is 5.57 Å². The molecule has 1 saturated heterocycles. The molecule has 2 N–H and O–H groups in total. The second kappa shape index (κ2) is 5.31. The second-order valence-corrected chi connectivity index (χ2v) is 5.42. The summed E-state index contributed by atoms with van der Waals surface area (Å²) < 4.78 is 5.23. The first-order valence-electron chi connectivity index (χ1n) is 6.51. The number of fused-ring (bicyclic) bond motifs is 1. The van der Waals surface area contributed by atoms with E-state index < -0.39 is 30.2 Å². The molecular weight excluding hydrogens is 244 g/mol. The number of hydrogen-bond acceptors (Lipinski definition) is 4. The van der Waals surface area contributed by atoms with Crippen molar-refractivity contribution < 1.29 is 19.7 Å². The average Bonchev–Trinajstić information content (AvgIpc) is 2.60. The lowest BCUT2D eigenvalue weighted by Crippen LogP contribution is -2.30. The van der Waals surface area contributed by atoms with Crippen LogP contribution in [-0.4, -0.2) is 34.5 Å². The van der Waals surface area contributed by atoms with Gasteiger partial charge in [-0.25, -0.2) is 4.79 Å². The Labute approximate surface area is 113 Å². The third-order valence-corrected chi connectivity index (χ3v) is 3.89. The zero-order valence-corrected chi connectivity index (χ0v) is 11.1. The largest absolute Gasteiger partial charge is 0.458 e. The van der Waals surface area contributed by atoms with Crippen molar-refractivity contribution in [1.82, 2.24) is 0 Å². The summed E-state index contributed by atoms with van der Waals surface area (Å²) in [6, 6.07) is 0. The zero-order valence-electron chi connectivity index (χ0n) is 11.1. The predicted molar refractivity (Wildman–Crippen MR) is 71.3 cm³/mol. The molecule has 4 heteroatoms. The number of carbonyl (C=O) groups excluding carboxylic acids is 1. The third kappa shape index (κ3) is 2.80. The summed E-state index contributed by atoms with van der Waals surface area (Å²) in [5, 5.41) is 20.2. The molecular formula is C15H20O4. The third-order valence-electron chi connectivity index (χ3n) is 3.89. The van der Waals surface area contributed by atoms with E-state index in [1.807, 2.05) is 6.92 Å². The maximum Gasteiger partial charge on any atom is 0.334 e. The van der Waals surface area contributed by atoms with Crippen LogP contribution < -0.4 is 0 Å². The maximum absolute atomic E-state index is 11.6. The lowest BCUT2D eigenvalue weighted by molar-refractivity contribution is -0.139. The molecule has 104 valence electrons. The van der Waals surface area contributed by atoms with Gasteiger partial charge in [0, 0.05) is 12.0 Å². The van der Waals surface area contributed by atoms with Crippen LogP contribution in [0.1, 0.15) is 26.2 Å². The molecule has 0 aromatic heterocycles. The van der Waals surface area contributed by atoms with E-state index in [9.17, 15) is 15.0 Å². The summed E-state index contributed by atoms with van der Waals surface area (Å²) in [5.74, 6) is -0.925. The molecule has 2 aliphatic rings. The standard InChI is InChI=1S/C15H20O4/c1-8-4-5-11(16)9(2)7-13-14(12(17)6-8)10(3)15(18)19-13/h6,11-14,16-17H,2-5,7H2,1H3/b8-6+/t11-,12+,13+,14+/m1/s1. The molecule has 4 nitrogen and oxygen atoms in total. The van der Waals surface area contributed by atoms with Crippen LogP contribution in [0.2, 0.25) is 0 Å². The van der Waals surface area contributed by atoms with E-state index in [0.29, 0.717) is 30.4 Å². The van der Waals surface area contributed by atoms with E-state index >= 15 is 0 Å². The molecule has 0 radical (unpaired) electrons. The Balaban J connectivity index is 2.33. The number of aliphatic hydroxyl groups is 2. The Morgan fingerprint density at radius 3 is 2.74 bits per heavy atom. The van der Waals surface area contributed by atoms with Crippen LogP contribution >= 0.6 is 0 Å². The fourth-order valence-electron chi connectivity index (χ4n) is 2.68. The minimum absolute atomic E-state index is 0.296. The van der Waals surface area contributed by atoms with Gasteiger partial charge in [-0.1, -0.05) is 24.8 Å². The molecule has 19 heavy (non-hydrogen) atoms. The first kappa shape index (κ1) is 14.0. The Hall–Kier alpha value is -1.39. The van der Waals surface area contributed by atoms with E-state index in [1.165, 1.54) is 0 Å². The van der Waals surface area contributed by atoms with Gasteiger partial charge >= 0.3 is 5.97 Å². The Morgan fingerprint density at radius 1 is 1.37 bits per heavy atom. The van der Waals surface area contributed by atoms with E-state index in [1.54, 1.807) is 6.08 Å². The topological polar surface area (TPSA) is 66.8 Å². The summed E-state index contributed by atoms with van der Waals surface area (Å²) >= 11 is 0. The molecule has 1 aliphatic carbocycles. The van der Waals surface area contributed by atoms with Crippen molar-refractivity contribution in [2.75, 3.05) is 0 Å². The van der Waals surface area contributed by atoms with Crippen molar-refractivity contribution in [3.8, 4) is 0 Å². The minimum Gasteiger partial charge on any atom is -0.458 e. The lowest BCUT2D eigenvalue weighted by atomic mass is 9.84. The average molecular weight is 264 g/mol. The highest BCUT2D eigenvalue weighted by atomic mass is 16.6. The maximum atomic E-state index is 11.6. The predicted octanol–water partition coefficient (Wildman–Crippen LogP) is 1.49. The number of esters is 1. The van der Waals surface area contributed by atoms with Crippen molar-refractivity contribution >= 4 is 5.97 Å². The van der Waals surface area contributed by atoms with E-state index in [2.05, 4.69) is 13.2 Å². The van der Waals surface area contributed by atoms with Crippen LogP contribution in [0.5, 0.6) is 0 Å². The van der Waals surface area contributed by atoms with Gasteiger partial charge in [-0.3, -0.25) is 0 Å². The molecule has 1 fully saturated rings. The molecule has 0 spiro atoms. The van der Waals surface area contributed by atoms with Gasteiger partial charge in [-0.2, -0.15) is 0 Å². The van der Waals surface area contributed by atoms with Gasteiger partial charge in [0.05, 0.1) is 18.1 Å². The summed E-state index contributed by atoms with van der Waals surface area (Å²) in [5.41, 5.74) is 1.91. The van der Waals surface area contributed by atoms with Crippen LogP contribution in [0.4, 0.5) is 0 Å². The first-order valence-corrected chi connectivity index (χ1v) is 6.51. The number of aliphatic hydroxyl groups excluding tert-OH is 2. The monoisotopic (exact) mass is 264 g/mol. The van der Waals surface area contributed by atoms with Gasteiger partial charge in [0.1, 0.15) is 6.10 Å². The zero-order chi connectivity index (χ0) is 14.2. The quantitative estimate of drug-likeness (QED) is 0.395. The molecule has 0 bridgehead atoms. The Kier molecular flexibility index (Phi) is 3.92. The number of carbonyl (C=O) groups is 1. The van der Waals surface area contributed by atoms with E-state index in [-0.39, 0.29) is 0 Å². The molecule has 4 atom stereocenters. The summed E-state index contributed by atoms with van der Waals surface area (Å²) in [4.78, 5) is 11.6. The van der Waals surface area contributed by atoms with Crippen molar-refractivity contribution in [2.45, 2.75) is 44.5 Å². The minimum atomic E-state index is -0.785. The first-order chi connectivity index (χ1) is 8.90. The summed E-state index contributed by atoms with van der Waals surface area (Å²) in [7, 11) is 0. The number of hydrogen-bond donors (Lipinski definition) is 2. The molecule has 1 heterocycles. The molecule has 0 aromatic rings. The molecule has 0 aromatic carbocycles. The normalized spacial score (nSPS) is 39.3. The van der Waals surface area contributed by atoms with Gasteiger partial charge < -0.3 is 14.9 Å². The van der Waals surface area contributed by atoms with Gasteiger partial charge in [0.25, 0.3) is 0 Å². The Bertz CT molecular complexity index is 449. The highest BCUT2D eigenvalue weighted by molar-refractivity contribution is 5.91. The van der Waals surface area contributed by atoms with Crippen LogP contribution in [0, 0.1) is 5.92 Å². The molecule has 0 amide bonds. The molecule has 1 aliphatic heterocycles. The smallest absolute Gasteiger partial charge is 0.334 e. The Morgan fingerprint density at radius 2 is 2.05 bits per heavy atom. The van der Waals surface area contributed by atoms with Crippen LogP contribution in [0.3, 0.4) is 0 Å². The molecule has 0 unspecified atom stereocenters. The van der Waals surface area contributed by atoms with Crippen molar-refractivity contribution in [3.05, 3.63) is 36.0 Å². The number of allylic oxidation sites excluding steroid dienone is 1. The van der Waals surface area contributed by atoms with E-state index in [4.69, 9.17) is 4.74 Å². The highest BCUT2D eigenvalue weighted by Crippen LogP contribution is 2.35.